The second-order valence-electron chi connectivity index (χ2n) is 4.44. The van der Waals surface area contributed by atoms with E-state index in [1.807, 2.05) is 24.3 Å². The molecule has 2 aromatic heterocycles. The Morgan fingerprint density at radius 1 is 1.05 bits per heavy atom. The fraction of sp³-hybridized carbons (Fsp3) is 0.133. The van der Waals surface area contributed by atoms with Crippen LogP contribution in [0.2, 0.25) is 0 Å². The van der Waals surface area contributed by atoms with Crippen molar-refractivity contribution in [3.05, 3.63) is 66.4 Å². The van der Waals surface area contributed by atoms with Crippen LogP contribution in [0.25, 0.3) is 10.9 Å². The molecule has 0 fully saturated rings. The minimum absolute atomic E-state index is 0.178. The molecule has 0 spiro atoms. The molecule has 3 rings (SSSR count). The summed E-state index contributed by atoms with van der Waals surface area (Å²) in [4.78, 5) is 12.9. The molecular formula is C15H14N4. The number of fused-ring (bicyclic) bond motifs is 1. The fourth-order valence-corrected chi connectivity index (χ4v) is 2.05. The van der Waals surface area contributed by atoms with E-state index in [9.17, 15) is 0 Å². The molecule has 3 aromatic rings. The maximum absolute atomic E-state index is 6.13. The first-order valence-corrected chi connectivity index (χ1v) is 6.19. The lowest BCUT2D eigenvalue weighted by Crippen LogP contribution is -2.15. The number of nitrogens with two attached hydrogens (primary N) is 1. The van der Waals surface area contributed by atoms with Crippen LogP contribution in [-0.2, 0) is 6.42 Å². The van der Waals surface area contributed by atoms with Crippen molar-refractivity contribution in [2.24, 2.45) is 5.73 Å². The number of pyridine rings is 1. The zero-order chi connectivity index (χ0) is 13.1. The molecule has 1 unspecified atom stereocenters. The van der Waals surface area contributed by atoms with E-state index < -0.39 is 0 Å². The van der Waals surface area contributed by atoms with Crippen molar-refractivity contribution < 1.29 is 0 Å². The van der Waals surface area contributed by atoms with Crippen LogP contribution < -0.4 is 5.73 Å². The maximum atomic E-state index is 6.13. The van der Waals surface area contributed by atoms with Gasteiger partial charge in [-0.15, -0.1) is 0 Å². The number of hydrogen-bond acceptors (Lipinski definition) is 4. The van der Waals surface area contributed by atoms with E-state index in [-0.39, 0.29) is 6.04 Å². The quantitative estimate of drug-likeness (QED) is 0.774. The summed E-state index contributed by atoms with van der Waals surface area (Å²) >= 11 is 0. The van der Waals surface area contributed by atoms with Crippen molar-refractivity contribution in [1.82, 2.24) is 15.0 Å². The topological polar surface area (TPSA) is 64.7 Å². The summed E-state index contributed by atoms with van der Waals surface area (Å²) in [6, 6.07) is 12.0. The normalized spacial score (nSPS) is 12.5. The first kappa shape index (κ1) is 11.7. The second-order valence-corrected chi connectivity index (χ2v) is 4.44. The second kappa shape index (κ2) is 5.12. The highest BCUT2D eigenvalue weighted by molar-refractivity contribution is 5.78. The van der Waals surface area contributed by atoms with E-state index >= 15 is 0 Å². The number of hydrogen-bond donors (Lipinski definition) is 1. The molecule has 0 saturated heterocycles. The molecule has 0 aliphatic rings. The predicted octanol–water partition coefficient (Wildman–Crippen LogP) is 2.27. The molecule has 1 atom stereocenters. The Hall–Kier alpha value is -2.33. The molecule has 0 aliphatic carbocycles. The minimum Gasteiger partial charge on any atom is -0.322 e. The Labute approximate surface area is 111 Å². The van der Waals surface area contributed by atoms with Gasteiger partial charge in [0.2, 0.25) is 0 Å². The van der Waals surface area contributed by atoms with E-state index in [0.717, 1.165) is 22.3 Å². The number of rotatable bonds is 3. The van der Waals surface area contributed by atoms with Crippen LogP contribution in [-0.4, -0.2) is 15.0 Å². The third-order valence-electron chi connectivity index (χ3n) is 3.05. The Kier molecular flexibility index (Phi) is 3.16. The molecule has 2 N–H and O–H groups in total. The molecule has 0 saturated carbocycles. The lowest BCUT2D eigenvalue weighted by molar-refractivity contribution is 0.680. The zero-order valence-corrected chi connectivity index (χ0v) is 10.4. The minimum atomic E-state index is -0.178. The van der Waals surface area contributed by atoms with Gasteiger partial charge >= 0.3 is 0 Å². The van der Waals surface area contributed by atoms with Gasteiger partial charge in [0, 0.05) is 36.1 Å². The van der Waals surface area contributed by atoms with E-state index in [1.54, 1.807) is 18.6 Å². The third kappa shape index (κ3) is 2.58. The molecule has 0 radical (unpaired) electrons. The lowest BCUT2D eigenvalue weighted by atomic mass is 10.1. The van der Waals surface area contributed by atoms with Crippen LogP contribution in [0.3, 0.4) is 0 Å². The molecule has 4 heteroatoms. The molecule has 1 aromatic carbocycles. The highest BCUT2D eigenvalue weighted by Crippen LogP contribution is 2.16. The van der Waals surface area contributed by atoms with Gasteiger partial charge < -0.3 is 5.73 Å². The summed E-state index contributed by atoms with van der Waals surface area (Å²) in [5.74, 6) is 0. The van der Waals surface area contributed by atoms with Crippen LogP contribution in [0.1, 0.15) is 17.4 Å². The Balaban J connectivity index is 1.85. The van der Waals surface area contributed by atoms with E-state index in [2.05, 4.69) is 27.1 Å². The maximum Gasteiger partial charge on any atom is 0.0757 e. The highest BCUT2D eigenvalue weighted by Gasteiger charge is 2.09. The Bertz CT molecular complexity index is 682. The van der Waals surface area contributed by atoms with Crippen molar-refractivity contribution >= 4 is 10.9 Å². The van der Waals surface area contributed by atoms with Crippen LogP contribution >= 0.6 is 0 Å². The van der Waals surface area contributed by atoms with Gasteiger partial charge in [0.05, 0.1) is 17.3 Å². The van der Waals surface area contributed by atoms with Crippen molar-refractivity contribution in [3.8, 4) is 0 Å². The number of aromatic nitrogens is 3. The molecule has 2 heterocycles. The monoisotopic (exact) mass is 250 g/mol. The van der Waals surface area contributed by atoms with E-state index in [1.165, 1.54) is 0 Å². The van der Waals surface area contributed by atoms with Gasteiger partial charge in [-0.3, -0.25) is 15.0 Å². The summed E-state index contributed by atoms with van der Waals surface area (Å²) in [5, 5.41) is 1.14. The van der Waals surface area contributed by atoms with Crippen LogP contribution in [0.15, 0.2) is 55.0 Å². The average Bonchev–Trinajstić information content (AvgIpc) is 2.48. The largest absolute Gasteiger partial charge is 0.322 e. The molecule has 4 nitrogen and oxygen atoms in total. The van der Waals surface area contributed by atoms with Gasteiger partial charge in [-0.25, -0.2) is 0 Å². The third-order valence-corrected chi connectivity index (χ3v) is 3.05. The summed E-state index contributed by atoms with van der Waals surface area (Å²) in [6.45, 7) is 0. The Morgan fingerprint density at radius 2 is 1.95 bits per heavy atom. The number of para-hydroxylation sites is 1. The number of nitrogens with zero attached hydrogens (tertiary/aromatic N) is 3. The fourth-order valence-electron chi connectivity index (χ4n) is 2.05. The van der Waals surface area contributed by atoms with Gasteiger partial charge in [0.25, 0.3) is 0 Å². The van der Waals surface area contributed by atoms with Crippen LogP contribution in [0, 0.1) is 0 Å². The summed E-state index contributed by atoms with van der Waals surface area (Å²) < 4.78 is 0. The predicted molar refractivity (Wildman–Crippen MR) is 74.4 cm³/mol. The van der Waals surface area contributed by atoms with Crippen molar-refractivity contribution in [1.29, 1.82) is 0 Å². The SMILES string of the molecule is NC(Cc1ccc2ccccc2n1)c1cnccn1. The molecule has 94 valence electrons. The molecule has 0 aliphatic heterocycles. The van der Waals surface area contributed by atoms with Gasteiger partial charge in [-0.1, -0.05) is 24.3 Å². The Morgan fingerprint density at radius 3 is 2.79 bits per heavy atom. The molecule has 19 heavy (non-hydrogen) atoms. The van der Waals surface area contributed by atoms with Gasteiger partial charge in [-0.05, 0) is 12.1 Å². The smallest absolute Gasteiger partial charge is 0.0757 e. The van der Waals surface area contributed by atoms with Crippen LogP contribution in [0.5, 0.6) is 0 Å². The lowest BCUT2D eigenvalue weighted by Gasteiger charge is -2.10. The average molecular weight is 250 g/mol. The van der Waals surface area contributed by atoms with Gasteiger partial charge in [0.1, 0.15) is 0 Å². The van der Waals surface area contributed by atoms with Gasteiger partial charge in [0.15, 0.2) is 0 Å². The van der Waals surface area contributed by atoms with E-state index in [0.29, 0.717) is 6.42 Å². The van der Waals surface area contributed by atoms with Crippen molar-refractivity contribution in [2.45, 2.75) is 12.5 Å². The highest BCUT2D eigenvalue weighted by atomic mass is 14.8. The molecule has 0 bridgehead atoms. The van der Waals surface area contributed by atoms with Crippen LogP contribution in [0.4, 0.5) is 0 Å². The first-order valence-electron chi connectivity index (χ1n) is 6.19. The van der Waals surface area contributed by atoms with Crippen molar-refractivity contribution in [2.75, 3.05) is 0 Å². The number of benzene rings is 1. The zero-order valence-electron chi connectivity index (χ0n) is 10.4. The van der Waals surface area contributed by atoms with E-state index in [4.69, 9.17) is 5.73 Å². The standard InChI is InChI=1S/C15H14N4/c16-13(15-10-17-7-8-18-15)9-12-6-5-11-3-1-2-4-14(11)19-12/h1-8,10,13H,9,16H2. The summed E-state index contributed by atoms with van der Waals surface area (Å²) in [6.07, 6.45) is 5.66. The van der Waals surface area contributed by atoms with Crippen molar-refractivity contribution in [3.63, 3.8) is 0 Å². The first-order chi connectivity index (χ1) is 9.33. The molecular weight excluding hydrogens is 236 g/mol. The van der Waals surface area contributed by atoms with Gasteiger partial charge in [-0.2, -0.15) is 0 Å². The summed E-state index contributed by atoms with van der Waals surface area (Å²) in [7, 11) is 0. The molecule has 0 amide bonds. The summed E-state index contributed by atoms with van der Waals surface area (Å²) in [5.41, 5.74) is 8.88.